The smallest absolute Gasteiger partial charge is 0.326 e. The SMILES string of the molecule is CC(=O)Nc1cc(NC(=O)c2cc(NC(=O)[C@H]3[C@H](c4ccc(F)c(C(F)(F)F)c4)C3(Cl)Cl)ccc2Cl)c(F)cc1F. The van der Waals surface area contributed by atoms with Crippen molar-refractivity contribution < 1.29 is 40.7 Å². The van der Waals surface area contributed by atoms with Gasteiger partial charge in [0.05, 0.1) is 33.4 Å². The highest BCUT2D eigenvalue weighted by Crippen LogP contribution is 2.65. The van der Waals surface area contributed by atoms with Crippen LogP contribution in [0.2, 0.25) is 5.02 Å². The Morgan fingerprint density at radius 1 is 0.829 bits per heavy atom. The third kappa shape index (κ3) is 6.39. The number of carbonyl (C=O) groups is 3. The molecular weight excluding hydrogens is 623 g/mol. The highest BCUT2D eigenvalue weighted by Gasteiger charge is 2.67. The Balaban J connectivity index is 1.53. The second kappa shape index (κ2) is 11.1. The maximum absolute atomic E-state index is 14.3. The summed E-state index contributed by atoms with van der Waals surface area (Å²) >= 11 is 18.5. The predicted molar refractivity (Wildman–Crippen MR) is 141 cm³/mol. The van der Waals surface area contributed by atoms with E-state index in [0.29, 0.717) is 18.2 Å². The molecule has 216 valence electrons. The second-order valence-corrected chi connectivity index (χ2v) is 10.8. The quantitative estimate of drug-likeness (QED) is 0.193. The van der Waals surface area contributed by atoms with E-state index in [2.05, 4.69) is 16.0 Å². The van der Waals surface area contributed by atoms with Crippen molar-refractivity contribution in [2.24, 2.45) is 5.92 Å². The fourth-order valence-electron chi connectivity index (χ4n) is 4.14. The summed E-state index contributed by atoms with van der Waals surface area (Å²) in [5, 5.41) is 6.66. The zero-order valence-corrected chi connectivity index (χ0v) is 22.7. The van der Waals surface area contributed by atoms with Gasteiger partial charge in [0.2, 0.25) is 11.8 Å². The second-order valence-electron chi connectivity index (χ2n) is 9.00. The molecule has 0 radical (unpaired) electrons. The van der Waals surface area contributed by atoms with Crippen LogP contribution in [0.3, 0.4) is 0 Å². The van der Waals surface area contributed by atoms with Crippen molar-refractivity contribution in [2.45, 2.75) is 23.4 Å². The van der Waals surface area contributed by atoms with Gasteiger partial charge in [-0.3, -0.25) is 14.4 Å². The van der Waals surface area contributed by atoms with Crippen molar-refractivity contribution >= 4 is 69.6 Å². The molecule has 0 aliphatic heterocycles. The van der Waals surface area contributed by atoms with Gasteiger partial charge in [-0.25, -0.2) is 13.2 Å². The first-order chi connectivity index (χ1) is 19.0. The first kappa shape index (κ1) is 30.5. The van der Waals surface area contributed by atoms with Gasteiger partial charge >= 0.3 is 6.18 Å². The number of benzene rings is 3. The van der Waals surface area contributed by atoms with Crippen molar-refractivity contribution in [1.82, 2.24) is 0 Å². The monoisotopic (exact) mass is 637 g/mol. The summed E-state index contributed by atoms with van der Waals surface area (Å²) in [6.45, 7) is 1.10. The van der Waals surface area contributed by atoms with E-state index in [-0.39, 0.29) is 21.8 Å². The third-order valence-electron chi connectivity index (χ3n) is 6.09. The summed E-state index contributed by atoms with van der Waals surface area (Å²) in [7, 11) is 0. The fourth-order valence-corrected chi connectivity index (χ4v) is 5.17. The summed E-state index contributed by atoms with van der Waals surface area (Å²) in [6.07, 6.45) is -4.99. The molecule has 0 spiro atoms. The van der Waals surface area contributed by atoms with E-state index in [9.17, 15) is 40.7 Å². The molecule has 1 aliphatic rings. The molecule has 2 atom stereocenters. The van der Waals surface area contributed by atoms with Gasteiger partial charge in [0.1, 0.15) is 21.8 Å². The van der Waals surface area contributed by atoms with Crippen LogP contribution in [0, 0.1) is 23.4 Å². The Morgan fingerprint density at radius 3 is 2.07 bits per heavy atom. The highest BCUT2D eigenvalue weighted by molar-refractivity contribution is 6.53. The molecule has 0 saturated heterocycles. The molecule has 1 fully saturated rings. The van der Waals surface area contributed by atoms with Gasteiger partial charge in [-0.2, -0.15) is 13.2 Å². The van der Waals surface area contributed by atoms with Crippen molar-refractivity contribution in [3.63, 3.8) is 0 Å². The Labute approximate surface area is 242 Å². The Bertz CT molecular complexity index is 1580. The van der Waals surface area contributed by atoms with Gasteiger partial charge in [0.25, 0.3) is 5.91 Å². The standard InChI is InChI=1S/C26H16Cl3F6N3O3/c1-10(39)36-19-9-20(18(32)8-17(19)31)38-23(40)13-7-12(3-4-15(13)27)37-24(41)22-21(25(22,28)29)11-2-5-16(30)14(6-11)26(33,34)35/h2-9,21-22H,1H3,(H,36,39)(H,37,41)(H,38,40)/t21-,22+/m0/s1. The molecule has 0 heterocycles. The van der Waals surface area contributed by atoms with E-state index in [1.165, 1.54) is 12.1 Å². The number of nitrogens with one attached hydrogen (secondary N) is 3. The number of alkyl halides is 5. The molecule has 3 N–H and O–H groups in total. The molecule has 3 aromatic rings. The van der Waals surface area contributed by atoms with Gasteiger partial charge in [-0.05, 0) is 42.0 Å². The largest absolute Gasteiger partial charge is 0.419 e. The van der Waals surface area contributed by atoms with E-state index in [4.69, 9.17) is 34.8 Å². The fraction of sp³-hybridized carbons (Fsp3) is 0.192. The minimum atomic E-state index is -4.99. The summed E-state index contributed by atoms with van der Waals surface area (Å²) in [4.78, 5) is 37.1. The first-order valence-electron chi connectivity index (χ1n) is 11.4. The summed E-state index contributed by atoms with van der Waals surface area (Å²) < 4.78 is 79.5. The van der Waals surface area contributed by atoms with Crippen LogP contribution in [0.4, 0.5) is 43.4 Å². The van der Waals surface area contributed by atoms with Crippen LogP contribution in [-0.4, -0.2) is 22.1 Å². The van der Waals surface area contributed by atoms with Gasteiger partial charge < -0.3 is 16.0 Å². The Kier molecular flexibility index (Phi) is 8.23. The number of hydrogen-bond donors (Lipinski definition) is 3. The van der Waals surface area contributed by atoms with Crippen molar-refractivity contribution in [2.75, 3.05) is 16.0 Å². The van der Waals surface area contributed by atoms with E-state index < -0.39 is 74.5 Å². The number of rotatable bonds is 6. The normalized spacial score (nSPS) is 17.5. The Hall–Kier alpha value is -3.48. The lowest BCUT2D eigenvalue weighted by Crippen LogP contribution is -2.18. The van der Waals surface area contributed by atoms with E-state index >= 15 is 0 Å². The van der Waals surface area contributed by atoms with Crippen molar-refractivity contribution in [1.29, 1.82) is 0 Å². The van der Waals surface area contributed by atoms with Crippen LogP contribution in [0.5, 0.6) is 0 Å². The minimum Gasteiger partial charge on any atom is -0.326 e. The molecular formula is C26H16Cl3F6N3O3. The molecule has 15 heteroatoms. The average molecular weight is 639 g/mol. The highest BCUT2D eigenvalue weighted by atomic mass is 35.5. The molecule has 0 bridgehead atoms. The lowest BCUT2D eigenvalue weighted by Gasteiger charge is -2.12. The number of hydrogen-bond acceptors (Lipinski definition) is 3. The van der Waals surface area contributed by atoms with Crippen LogP contribution in [0.25, 0.3) is 0 Å². The van der Waals surface area contributed by atoms with Crippen molar-refractivity contribution in [3.8, 4) is 0 Å². The molecule has 6 nitrogen and oxygen atoms in total. The van der Waals surface area contributed by atoms with Crippen LogP contribution in [0.1, 0.15) is 34.3 Å². The number of halogens is 9. The summed E-state index contributed by atoms with van der Waals surface area (Å²) in [5.74, 6) is -8.53. The lowest BCUT2D eigenvalue weighted by molar-refractivity contribution is -0.140. The van der Waals surface area contributed by atoms with E-state index in [1.54, 1.807) is 0 Å². The molecule has 41 heavy (non-hydrogen) atoms. The van der Waals surface area contributed by atoms with Gasteiger partial charge in [-0.1, -0.05) is 17.7 Å². The zero-order chi connectivity index (χ0) is 30.4. The van der Waals surface area contributed by atoms with Crippen molar-refractivity contribution in [3.05, 3.63) is 87.7 Å². The molecule has 4 rings (SSSR count). The molecule has 1 saturated carbocycles. The molecule has 0 aromatic heterocycles. The molecule has 3 aromatic carbocycles. The van der Waals surface area contributed by atoms with E-state index in [0.717, 1.165) is 25.1 Å². The molecule has 3 amide bonds. The van der Waals surface area contributed by atoms with Crippen LogP contribution >= 0.6 is 34.8 Å². The minimum absolute atomic E-state index is 0.00654. The maximum atomic E-state index is 14.3. The molecule has 0 unspecified atom stereocenters. The first-order valence-corrected chi connectivity index (χ1v) is 12.6. The van der Waals surface area contributed by atoms with Gasteiger partial charge in [0.15, 0.2) is 0 Å². The zero-order valence-electron chi connectivity index (χ0n) is 20.4. The van der Waals surface area contributed by atoms with Crippen LogP contribution < -0.4 is 16.0 Å². The van der Waals surface area contributed by atoms with Gasteiger partial charge in [0, 0.05) is 24.6 Å². The lowest BCUT2D eigenvalue weighted by atomic mass is 10.0. The molecule has 1 aliphatic carbocycles. The number of carbonyl (C=O) groups excluding carboxylic acids is 3. The average Bonchev–Trinajstić information content (AvgIpc) is 3.44. The summed E-state index contributed by atoms with van der Waals surface area (Å²) in [6, 6.07) is 7.12. The number of anilines is 3. The Morgan fingerprint density at radius 2 is 1.46 bits per heavy atom. The predicted octanol–water partition coefficient (Wildman–Crippen LogP) is 7.51. The van der Waals surface area contributed by atoms with E-state index in [1.807, 2.05) is 0 Å². The van der Waals surface area contributed by atoms with Crippen LogP contribution in [0.15, 0.2) is 48.5 Å². The van der Waals surface area contributed by atoms with Gasteiger partial charge in [-0.15, -0.1) is 23.2 Å². The van der Waals surface area contributed by atoms with Crippen LogP contribution in [-0.2, 0) is 15.8 Å². The maximum Gasteiger partial charge on any atom is 0.419 e. The summed E-state index contributed by atoms with van der Waals surface area (Å²) in [5.41, 5.74) is -2.79. The topological polar surface area (TPSA) is 87.3 Å². The number of amides is 3. The third-order valence-corrected chi connectivity index (χ3v) is 7.36.